The Morgan fingerprint density at radius 2 is 1.74 bits per heavy atom. The quantitative estimate of drug-likeness (QED) is 0.910. The van der Waals surface area contributed by atoms with E-state index in [0.717, 1.165) is 50.0 Å². The van der Waals surface area contributed by atoms with Crippen molar-refractivity contribution in [3.63, 3.8) is 0 Å². The summed E-state index contributed by atoms with van der Waals surface area (Å²) >= 11 is 0. The lowest BCUT2D eigenvalue weighted by Crippen LogP contribution is -2.32. The summed E-state index contributed by atoms with van der Waals surface area (Å²) in [5, 5.41) is 0. The van der Waals surface area contributed by atoms with Crippen LogP contribution in [0.1, 0.15) is 50.3 Å². The van der Waals surface area contributed by atoms with Crippen molar-refractivity contribution in [2.24, 2.45) is 0 Å². The van der Waals surface area contributed by atoms with Gasteiger partial charge in [0.05, 0.1) is 11.1 Å². The minimum atomic E-state index is -3.44. The van der Waals surface area contributed by atoms with E-state index in [-0.39, 0.29) is 6.04 Å². The van der Waals surface area contributed by atoms with E-state index < -0.39 is 10.0 Å². The molecule has 1 aromatic heterocycles. The van der Waals surface area contributed by atoms with Crippen LogP contribution in [0.15, 0.2) is 39.8 Å². The Morgan fingerprint density at radius 3 is 2.39 bits per heavy atom. The third-order valence-electron chi connectivity index (χ3n) is 4.58. The van der Waals surface area contributed by atoms with Gasteiger partial charge in [-0.1, -0.05) is 12.8 Å². The van der Waals surface area contributed by atoms with Gasteiger partial charge in [0, 0.05) is 17.5 Å². The molecule has 1 aromatic carbocycles. The number of sulfonamides is 1. The molecular formula is C17H20N2O3S. The Hall–Kier alpha value is -1.66. The molecule has 0 spiro atoms. The number of nitrogens with zero attached hydrogens (tertiary/aromatic N) is 1. The van der Waals surface area contributed by atoms with E-state index in [1.807, 2.05) is 0 Å². The Balaban J connectivity index is 1.52. The van der Waals surface area contributed by atoms with Gasteiger partial charge in [-0.05, 0) is 49.9 Å². The van der Waals surface area contributed by atoms with Gasteiger partial charge in [0.25, 0.3) is 0 Å². The summed E-state index contributed by atoms with van der Waals surface area (Å²) in [7, 11) is -3.44. The predicted octanol–water partition coefficient (Wildman–Crippen LogP) is 3.44. The monoisotopic (exact) mass is 332 g/mol. The average Bonchev–Trinajstić information content (AvgIpc) is 3.07. The minimum Gasteiger partial charge on any atom is -0.440 e. The molecule has 5 nitrogen and oxygen atoms in total. The lowest BCUT2D eigenvalue weighted by atomic mass is 10.2. The van der Waals surface area contributed by atoms with Gasteiger partial charge in [-0.15, -0.1) is 0 Å². The van der Waals surface area contributed by atoms with Gasteiger partial charge in [0.2, 0.25) is 10.0 Å². The van der Waals surface area contributed by atoms with Gasteiger partial charge in [-0.3, -0.25) is 0 Å². The highest BCUT2D eigenvalue weighted by Crippen LogP contribution is 2.40. The number of aromatic nitrogens is 1. The van der Waals surface area contributed by atoms with E-state index in [2.05, 4.69) is 9.71 Å². The third-order valence-corrected chi connectivity index (χ3v) is 6.11. The zero-order valence-corrected chi connectivity index (χ0v) is 13.7. The highest BCUT2D eigenvalue weighted by molar-refractivity contribution is 7.89. The molecule has 0 bridgehead atoms. The van der Waals surface area contributed by atoms with Gasteiger partial charge >= 0.3 is 0 Å². The van der Waals surface area contributed by atoms with E-state index in [4.69, 9.17) is 4.42 Å². The molecule has 0 aliphatic heterocycles. The van der Waals surface area contributed by atoms with Crippen molar-refractivity contribution in [1.29, 1.82) is 0 Å². The molecule has 0 unspecified atom stereocenters. The average molecular weight is 332 g/mol. The van der Waals surface area contributed by atoms with Crippen molar-refractivity contribution in [1.82, 2.24) is 9.71 Å². The summed E-state index contributed by atoms with van der Waals surface area (Å²) in [5.41, 5.74) is 0.851. The summed E-state index contributed by atoms with van der Waals surface area (Å²) in [6.07, 6.45) is 8.06. The Kier molecular flexibility index (Phi) is 3.73. The Bertz CT molecular complexity index is 786. The smallest absolute Gasteiger partial charge is 0.240 e. The number of oxazole rings is 1. The van der Waals surface area contributed by atoms with Crippen molar-refractivity contribution in [3.05, 3.63) is 36.4 Å². The van der Waals surface area contributed by atoms with Crippen molar-refractivity contribution in [3.8, 4) is 11.3 Å². The lowest BCUT2D eigenvalue weighted by Gasteiger charge is -2.12. The minimum absolute atomic E-state index is 0.0788. The molecule has 0 radical (unpaired) electrons. The first-order valence-corrected chi connectivity index (χ1v) is 9.69. The first kappa shape index (κ1) is 14.9. The normalized spacial score (nSPS) is 19.3. The van der Waals surface area contributed by atoms with E-state index in [1.54, 1.807) is 30.5 Å². The molecule has 0 atom stereocenters. The number of benzene rings is 1. The molecule has 23 heavy (non-hydrogen) atoms. The summed E-state index contributed by atoms with van der Waals surface area (Å²) in [6, 6.07) is 6.90. The second kappa shape index (κ2) is 5.76. The first-order valence-electron chi connectivity index (χ1n) is 8.20. The lowest BCUT2D eigenvalue weighted by molar-refractivity contribution is 0.509. The maximum Gasteiger partial charge on any atom is 0.240 e. The van der Waals surface area contributed by atoms with E-state index in [0.29, 0.717) is 16.6 Å². The molecule has 2 aromatic rings. The van der Waals surface area contributed by atoms with Crippen LogP contribution in [0.3, 0.4) is 0 Å². The second-order valence-electron chi connectivity index (χ2n) is 6.46. The molecule has 2 saturated carbocycles. The fourth-order valence-electron chi connectivity index (χ4n) is 3.07. The van der Waals surface area contributed by atoms with Crippen molar-refractivity contribution in [2.75, 3.05) is 0 Å². The van der Waals surface area contributed by atoms with Crippen LogP contribution in [-0.4, -0.2) is 19.4 Å². The van der Waals surface area contributed by atoms with Crippen LogP contribution >= 0.6 is 0 Å². The SMILES string of the molecule is O=S(=O)(NC1CCCC1)c1ccc(-c2cnc(C3CC3)o2)cc1. The van der Waals surface area contributed by atoms with Gasteiger partial charge in [0.15, 0.2) is 11.7 Å². The van der Waals surface area contributed by atoms with Crippen LogP contribution in [-0.2, 0) is 10.0 Å². The maximum atomic E-state index is 12.4. The third kappa shape index (κ3) is 3.19. The zero-order valence-electron chi connectivity index (χ0n) is 12.9. The van der Waals surface area contributed by atoms with E-state index in [1.165, 1.54) is 0 Å². The van der Waals surface area contributed by atoms with Gasteiger partial charge in [0.1, 0.15) is 0 Å². The molecule has 6 heteroatoms. The van der Waals surface area contributed by atoms with Crippen molar-refractivity contribution >= 4 is 10.0 Å². The van der Waals surface area contributed by atoms with Gasteiger partial charge in [-0.2, -0.15) is 0 Å². The largest absolute Gasteiger partial charge is 0.440 e. The van der Waals surface area contributed by atoms with Gasteiger partial charge in [-0.25, -0.2) is 18.1 Å². The van der Waals surface area contributed by atoms with Crippen LogP contribution in [0.2, 0.25) is 0 Å². The molecule has 122 valence electrons. The van der Waals surface area contributed by atoms with Crippen LogP contribution in [0.5, 0.6) is 0 Å². The first-order chi connectivity index (χ1) is 11.1. The predicted molar refractivity (Wildman–Crippen MR) is 86.5 cm³/mol. The van der Waals surface area contributed by atoms with Crippen LogP contribution in [0.4, 0.5) is 0 Å². The highest BCUT2D eigenvalue weighted by atomic mass is 32.2. The zero-order chi connectivity index (χ0) is 15.9. The molecule has 0 saturated heterocycles. The molecule has 0 amide bonds. The highest BCUT2D eigenvalue weighted by Gasteiger charge is 2.28. The maximum absolute atomic E-state index is 12.4. The second-order valence-corrected chi connectivity index (χ2v) is 8.18. The van der Waals surface area contributed by atoms with E-state index >= 15 is 0 Å². The van der Waals surface area contributed by atoms with Crippen LogP contribution in [0.25, 0.3) is 11.3 Å². The summed E-state index contributed by atoms with van der Waals surface area (Å²) in [5.74, 6) is 1.96. The molecule has 2 fully saturated rings. The molecule has 2 aliphatic carbocycles. The Morgan fingerprint density at radius 1 is 1.04 bits per heavy atom. The number of hydrogen-bond acceptors (Lipinski definition) is 4. The van der Waals surface area contributed by atoms with E-state index in [9.17, 15) is 8.42 Å². The topological polar surface area (TPSA) is 72.2 Å². The standard InChI is InChI=1S/C17H20N2O3S/c20-23(21,19-14-3-1-2-4-14)15-9-7-12(8-10-15)16-11-18-17(22-16)13-5-6-13/h7-11,13-14,19H,1-6H2. The fourth-order valence-corrected chi connectivity index (χ4v) is 4.37. The summed E-state index contributed by atoms with van der Waals surface area (Å²) < 4.78 is 33.3. The van der Waals surface area contributed by atoms with Crippen molar-refractivity contribution in [2.45, 2.75) is 55.4 Å². The van der Waals surface area contributed by atoms with Crippen molar-refractivity contribution < 1.29 is 12.8 Å². The molecule has 4 rings (SSSR count). The Labute approximate surface area is 136 Å². The fraction of sp³-hybridized carbons (Fsp3) is 0.471. The molecule has 1 N–H and O–H groups in total. The van der Waals surface area contributed by atoms with Gasteiger partial charge < -0.3 is 4.42 Å². The number of nitrogens with one attached hydrogen (secondary N) is 1. The molecular weight excluding hydrogens is 312 g/mol. The molecule has 2 aliphatic rings. The van der Waals surface area contributed by atoms with Crippen LogP contribution < -0.4 is 4.72 Å². The molecule has 1 heterocycles. The number of rotatable bonds is 5. The summed E-state index contributed by atoms with van der Waals surface area (Å²) in [6.45, 7) is 0. The van der Waals surface area contributed by atoms with Crippen LogP contribution in [0, 0.1) is 0 Å². The summed E-state index contributed by atoms with van der Waals surface area (Å²) in [4.78, 5) is 4.60. The number of hydrogen-bond donors (Lipinski definition) is 1.